The molecule has 1 aromatic rings. The molecule has 0 aliphatic heterocycles. The van der Waals surface area contributed by atoms with E-state index in [1.54, 1.807) is 24.3 Å². The van der Waals surface area contributed by atoms with E-state index >= 15 is 0 Å². The van der Waals surface area contributed by atoms with Crippen molar-refractivity contribution >= 4 is 27.1 Å². The average Bonchev–Trinajstić information content (AvgIpc) is 2.40. The van der Waals surface area contributed by atoms with Gasteiger partial charge in [-0.2, -0.15) is 0 Å². The van der Waals surface area contributed by atoms with Crippen molar-refractivity contribution < 1.29 is 13.2 Å². The van der Waals surface area contributed by atoms with Gasteiger partial charge in [0.15, 0.2) is 9.84 Å². The minimum atomic E-state index is -3.40. The minimum Gasteiger partial charge on any atom is -0.399 e. The van der Waals surface area contributed by atoms with E-state index < -0.39 is 21.0 Å². The molecule has 0 aromatic heterocycles. The summed E-state index contributed by atoms with van der Waals surface area (Å²) in [6, 6.07) is 6.58. The summed E-state index contributed by atoms with van der Waals surface area (Å²) in [6.45, 7) is 3.43. The largest absolute Gasteiger partial charge is 0.399 e. The van der Waals surface area contributed by atoms with E-state index in [2.05, 4.69) is 5.32 Å². The van der Waals surface area contributed by atoms with Crippen LogP contribution in [-0.4, -0.2) is 25.3 Å². The molecule has 0 spiro atoms. The molecule has 6 heteroatoms. The van der Waals surface area contributed by atoms with Crippen LogP contribution < -0.4 is 11.1 Å². The fourth-order valence-corrected chi connectivity index (χ4v) is 3.05. The Kier molecular flexibility index (Phi) is 6.01. The zero-order chi connectivity index (χ0) is 15.2. The Labute approximate surface area is 120 Å². The Balaban J connectivity index is 2.64. The maximum Gasteiger partial charge on any atom is 0.242 e. The molecule has 5 nitrogen and oxygen atoms in total. The first-order chi connectivity index (χ1) is 9.36. The topological polar surface area (TPSA) is 89.3 Å². The highest BCUT2D eigenvalue weighted by Crippen LogP contribution is 2.13. The second kappa shape index (κ2) is 7.28. The minimum absolute atomic E-state index is 0.0527. The van der Waals surface area contributed by atoms with Crippen LogP contribution in [0.5, 0.6) is 0 Å². The summed E-state index contributed by atoms with van der Waals surface area (Å²) in [7, 11) is -3.40. The Morgan fingerprint density at radius 2 is 1.85 bits per heavy atom. The first-order valence-corrected chi connectivity index (χ1v) is 8.46. The van der Waals surface area contributed by atoms with Crippen molar-refractivity contribution in [3.05, 3.63) is 24.3 Å². The summed E-state index contributed by atoms with van der Waals surface area (Å²) in [5, 5.41) is 1.55. The number of nitrogens with one attached hydrogen (secondary N) is 1. The Morgan fingerprint density at radius 3 is 2.40 bits per heavy atom. The van der Waals surface area contributed by atoms with Crippen LogP contribution in [0, 0.1) is 0 Å². The molecule has 0 bridgehead atoms. The molecule has 1 atom stereocenters. The Hall–Kier alpha value is -1.56. The van der Waals surface area contributed by atoms with Crippen molar-refractivity contribution in [2.75, 3.05) is 16.8 Å². The number of anilines is 2. The molecule has 1 rings (SSSR count). The second-order valence-corrected chi connectivity index (χ2v) is 7.27. The standard InChI is InChI=1S/C14H22N2O3S/c1-3-4-5-10-20(18,19)11(2)14(17)16-13-8-6-12(15)7-9-13/h6-9,11H,3-5,10,15H2,1-2H3,(H,16,17). The normalized spacial score (nSPS) is 12.9. The van der Waals surface area contributed by atoms with Gasteiger partial charge in [-0.25, -0.2) is 8.42 Å². The number of unbranched alkanes of at least 4 members (excludes halogenated alkanes) is 2. The van der Waals surface area contributed by atoms with Crippen LogP contribution in [0.25, 0.3) is 0 Å². The molecular formula is C14H22N2O3S. The van der Waals surface area contributed by atoms with Crippen LogP contribution in [-0.2, 0) is 14.6 Å². The molecule has 0 radical (unpaired) electrons. The number of amides is 1. The first kappa shape index (κ1) is 16.5. The smallest absolute Gasteiger partial charge is 0.242 e. The van der Waals surface area contributed by atoms with Crippen molar-refractivity contribution in [2.45, 2.75) is 38.4 Å². The van der Waals surface area contributed by atoms with Crippen LogP contribution in [0.2, 0.25) is 0 Å². The SMILES string of the molecule is CCCCCS(=O)(=O)C(C)C(=O)Nc1ccc(N)cc1. The van der Waals surface area contributed by atoms with Crippen LogP contribution in [0.4, 0.5) is 11.4 Å². The lowest BCUT2D eigenvalue weighted by Gasteiger charge is -2.13. The molecule has 1 amide bonds. The molecule has 1 aromatic carbocycles. The highest BCUT2D eigenvalue weighted by atomic mass is 32.2. The zero-order valence-electron chi connectivity index (χ0n) is 11.9. The van der Waals surface area contributed by atoms with E-state index in [4.69, 9.17) is 5.73 Å². The quantitative estimate of drug-likeness (QED) is 0.596. The predicted molar refractivity (Wildman–Crippen MR) is 82.3 cm³/mol. The third kappa shape index (κ3) is 4.85. The monoisotopic (exact) mass is 298 g/mol. The van der Waals surface area contributed by atoms with Crippen molar-refractivity contribution in [1.29, 1.82) is 0 Å². The number of rotatable bonds is 7. The van der Waals surface area contributed by atoms with E-state index in [0.29, 0.717) is 17.8 Å². The molecule has 0 saturated heterocycles. The molecule has 112 valence electrons. The highest BCUT2D eigenvalue weighted by molar-refractivity contribution is 7.92. The fourth-order valence-electron chi connectivity index (χ4n) is 1.70. The van der Waals surface area contributed by atoms with Gasteiger partial charge in [0.25, 0.3) is 0 Å². The van der Waals surface area contributed by atoms with Gasteiger partial charge in [0, 0.05) is 11.4 Å². The summed E-state index contributed by atoms with van der Waals surface area (Å²) in [5.41, 5.74) is 6.67. The third-order valence-corrected chi connectivity index (χ3v) is 5.27. The lowest BCUT2D eigenvalue weighted by atomic mass is 10.3. The van der Waals surface area contributed by atoms with Crippen LogP contribution in [0.15, 0.2) is 24.3 Å². The van der Waals surface area contributed by atoms with E-state index in [1.807, 2.05) is 6.92 Å². The molecule has 0 heterocycles. The molecule has 1 unspecified atom stereocenters. The van der Waals surface area contributed by atoms with Crippen LogP contribution in [0.3, 0.4) is 0 Å². The van der Waals surface area contributed by atoms with Gasteiger partial charge in [0.1, 0.15) is 5.25 Å². The highest BCUT2D eigenvalue weighted by Gasteiger charge is 2.27. The number of carbonyl (C=O) groups is 1. The molecule has 0 aliphatic rings. The van der Waals surface area contributed by atoms with Gasteiger partial charge in [0.2, 0.25) is 5.91 Å². The van der Waals surface area contributed by atoms with E-state index in [-0.39, 0.29) is 5.75 Å². The molecular weight excluding hydrogens is 276 g/mol. The van der Waals surface area contributed by atoms with Gasteiger partial charge in [-0.3, -0.25) is 4.79 Å². The van der Waals surface area contributed by atoms with Gasteiger partial charge in [-0.05, 0) is 37.6 Å². The molecule has 20 heavy (non-hydrogen) atoms. The predicted octanol–water partition coefficient (Wildman–Crippen LogP) is 2.20. The fraction of sp³-hybridized carbons (Fsp3) is 0.500. The lowest BCUT2D eigenvalue weighted by molar-refractivity contribution is -0.115. The maximum absolute atomic E-state index is 12.0. The first-order valence-electron chi connectivity index (χ1n) is 6.75. The number of benzene rings is 1. The van der Waals surface area contributed by atoms with Crippen molar-refractivity contribution in [3.8, 4) is 0 Å². The summed E-state index contributed by atoms with van der Waals surface area (Å²) in [5.74, 6) is -0.455. The zero-order valence-corrected chi connectivity index (χ0v) is 12.7. The van der Waals surface area contributed by atoms with E-state index in [1.165, 1.54) is 6.92 Å². The van der Waals surface area contributed by atoms with E-state index in [9.17, 15) is 13.2 Å². The molecule has 0 fully saturated rings. The molecule has 0 saturated carbocycles. The number of hydrogen-bond donors (Lipinski definition) is 2. The van der Waals surface area contributed by atoms with Crippen molar-refractivity contribution in [3.63, 3.8) is 0 Å². The third-order valence-electron chi connectivity index (χ3n) is 3.12. The van der Waals surface area contributed by atoms with Crippen LogP contribution in [0.1, 0.15) is 33.1 Å². The second-order valence-electron chi connectivity index (χ2n) is 4.83. The van der Waals surface area contributed by atoms with Gasteiger partial charge in [-0.1, -0.05) is 19.8 Å². The number of nitrogens with two attached hydrogens (primary N) is 1. The van der Waals surface area contributed by atoms with Gasteiger partial charge >= 0.3 is 0 Å². The number of hydrogen-bond acceptors (Lipinski definition) is 4. The van der Waals surface area contributed by atoms with Gasteiger partial charge in [-0.15, -0.1) is 0 Å². The van der Waals surface area contributed by atoms with Gasteiger partial charge < -0.3 is 11.1 Å². The van der Waals surface area contributed by atoms with Crippen molar-refractivity contribution in [1.82, 2.24) is 0 Å². The lowest BCUT2D eigenvalue weighted by Crippen LogP contribution is -2.34. The molecule has 3 N–H and O–H groups in total. The van der Waals surface area contributed by atoms with E-state index in [0.717, 1.165) is 12.8 Å². The summed E-state index contributed by atoms with van der Waals surface area (Å²) in [4.78, 5) is 12.0. The number of carbonyl (C=O) groups excluding carboxylic acids is 1. The summed E-state index contributed by atoms with van der Waals surface area (Å²) in [6.07, 6.45) is 2.39. The molecule has 0 aliphatic carbocycles. The average molecular weight is 298 g/mol. The summed E-state index contributed by atoms with van der Waals surface area (Å²) < 4.78 is 24.0. The number of nitrogen functional groups attached to an aromatic ring is 1. The van der Waals surface area contributed by atoms with Crippen LogP contribution >= 0.6 is 0 Å². The van der Waals surface area contributed by atoms with Crippen molar-refractivity contribution in [2.24, 2.45) is 0 Å². The summed E-state index contributed by atoms with van der Waals surface area (Å²) >= 11 is 0. The Morgan fingerprint density at radius 1 is 1.25 bits per heavy atom. The van der Waals surface area contributed by atoms with Gasteiger partial charge in [0.05, 0.1) is 5.75 Å². The Bertz CT molecular complexity index is 538. The number of sulfone groups is 1. The maximum atomic E-state index is 12.0.